The van der Waals surface area contributed by atoms with Crippen LogP contribution >= 0.6 is 24.0 Å². The lowest BCUT2D eigenvalue weighted by Crippen LogP contribution is -2.44. The van der Waals surface area contributed by atoms with Gasteiger partial charge in [0, 0.05) is 38.9 Å². The maximum Gasteiger partial charge on any atom is 0.407 e. The smallest absolute Gasteiger partial charge is 0.407 e. The minimum Gasteiger partial charge on any atom is -0.444 e. The van der Waals surface area contributed by atoms with Gasteiger partial charge in [-0.05, 0) is 44.4 Å². The predicted molar refractivity (Wildman–Crippen MR) is 141 cm³/mol. The number of alkyl carbamates (subject to hydrolysis) is 1. The van der Waals surface area contributed by atoms with Crippen molar-refractivity contribution in [2.24, 2.45) is 4.99 Å². The van der Waals surface area contributed by atoms with Crippen molar-refractivity contribution in [3.63, 3.8) is 0 Å². The summed E-state index contributed by atoms with van der Waals surface area (Å²) in [6, 6.07) is 13.4. The lowest BCUT2D eigenvalue weighted by molar-refractivity contribution is 0.0507. The fourth-order valence-corrected chi connectivity index (χ4v) is 3.61. The lowest BCUT2D eigenvalue weighted by atomic mass is 10.1. The van der Waals surface area contributed by atoms with E-state index in [0.717, 1.165) is 30.1 Å². The molecule has 33 heavy (non-hydrogen) atoms. The van der Waals surface area contributed by atoms with Gasteiger partial charge >= 0.3 is 6.09 Å². The van der Waals surface area contributed by atoms with Crippen LogP contribution in [0.15, 0.2) is 58.4 Å². The SMILES string of the molecule is CN=C(NCc1ccc(Cn2ccccc2=O)cc1)N1CCC(NC(=O)OC(C)(C)C)C1.I. The molecule has 3 rings (SSSR count). The van der Waals surface area contributed by atoms with Crippen molar-refractivity contribution in [2.75, 3.05) is 20.1 Å². The van der Waals surface area contributed by atoms with E-state index in [4.69, 9.17) is 4.74 Å². The number of halogens is 1. The number of rotatable bonds is 5. The van der Waals surface area contributed by atoms with Crippen LogP contribution in [-0.4, -0.2) is 53.3 Å². The molecular weight excluding hydrogens is 533 g/mol. The Hall–Kier alpha value is -2.56. The molecule has 2 heterocycles. The molecule has 0 spiro atoms. The zero-order valence-electron chi connectivity index (χ0n) is 19.7. The van der Waals surface area contributed by atoms with Crippen molar-refractivity contribution in [1.29, 1.82) is 0 Å². The highest BCUT2D eigenvalue weighted by molar-refractivity contribution is 14.0. The second-order valence-corrected chi connectivity index (χ2v) is 8.96. The number of nitrogens with zero attached hydrogens (tertiary/aromatic N) is 3. The van der Waals surface area contributed by atoms with E-state index >= 15 is 0 Å². The quantitative estimate of drug-likeness (QED) is 0.329. The van der Waals surface area contributed by atoms with E-state index in [0.29, 0.717) is 19.6 Å². The summed E-state index contributed by atoms with van der Waals surface area (Å²) in [6.45, 7) is 8.25. The van der Waals surface area contributed by atoms with Crippen molar-refractivity contribution < 1.29 is 9.53 Å². The molecule has 8 nitrogen and oxygen atoms in total. The van der Waals surface area contributed by atoms with Gasteiger partial charge in [-0.3, -0.25) is 9.79 Å². The molecule has 180 valence electrons. The maximum atomic E-state index is 12.0. The molecule has 0 aliphatic carbocycles. The highest BCUT2D eigenvalue weighted by atomic mass is 127. The number of aromatic nitrogens is 1. The largest absolute Gasteiger partial charge is 0.444 e. The molecule has 0 saturated carbocycles. The van der Waals surface area contributed by atoms with E-state index in [-0.39, 0.29) is 41.7 Å². The van der Waals surface area contributed by atoms with Crippen molar-refractivity contribution in [3.05, 3.63) is 70.1 Å². The van der Waals surface area contributed by atoms with Crippen LogP contribution < -0.4 is 16.2 Å². The zero-order chi connectivity index (χ0) is 23.1. The van der Waals surface area contributed by atoms with Crippen LogP contribution in [0.4, 0.5) is 4.79 Å². The second-order valence-electron chi connectivity index (χ2n) is 8.96. The molecule has 9 heteroatoms. The lowest BCUT2D eigenvalue weighted by Gasteiger charge is -2.23. The van der Waals surface area contributed by atoms with E-state index in [1.807, 2.05) is 39.0 Å². The van der Waals surface area contributed by atoms with E-state index < -0.39 is 5.60 Å². The number of nitrogens with one attached hydrogen (secondary N) is 2. The number of amides is 1. The third-order valence-corrected chi connectivity index (χ3v) is 5.15. The summed E-state index contributed by atoms with van der Waals surface area (Å²) in [6.07, 6.45) is 2.25. The normalized spacial score (nSPS) is 16.2. The Morgan fingerprint density at radius 1 is 1.15 bits per heavy atom. The average Bonchev–Trinajstić information content (AvgIpc) is 3.18. The van der Waals surface area contributed by atoms with Crippen molar-refractivity contribution in [1.82, 2.24) is 20.1 Å². The van der Waals surface area contributed by atoms with Gasteiger partial charge < -0.3 is 24.8 Å². The minimum atomic E-state index is -0.507. The topological polar surface area (TPSA) is 88.0 Å². The van der Waals surface area contributed by atoms with E-state index in [2.05, 4.69) is 32.7 Å². The third-order valence-electron chi connectivity index (χ3n) is 5.15. The summed E-state index contributed by atoms with van der Waals surface area (Å²) in [5, 5.41) is 6.33. The first kappa shape index (κ1) is 26.7. The summed E-state index contributed by atoms with van der Waals surface area (Å²) in [7, 11) is 1.76. The number of ether oxygens (including phenoxy) is 1. The molecule has 1 unspecified atom stereocenters. The zero-order valence-corrected chi connectivity index (χ0v) is 22.0. The average molecular weight is 567 g/mol. The predicted octanol–water partition coefficient (Wildman–Crippen LogP) is 3.19. The molecule has 0 bridgehead atoms. The number of benzene rings is 1. The first-order valence-corrected chi connectivity index (χ1v) is 10.9. The van der Waals surface area contributed by atoms with Gasteiger partial charge in [0.25, 0.3) is 5.56 Å². The molecule has 1 aromatic carbocycles. The Bertz CT molecular complexity index is 998. The Labute approximate surface area is 212 Å². The number of pyridine rings is 1. The van der Waals surface area contributed by atoms with Crippen molar-refractivity contribution in [3.8, 4) is 0 Å². The monoisotopic (exact) mass is 567 g/mol. The highest BCUT2D eigenvalue weighted by Crippen LogP contribution is 2.12. The van der Waals surface area contributed by atoms with Crippen LogP contribution in [-0.2, 0) is 17.8 Å². The minimum absolute atomic E-state index is 0. The van der Waals surface area contributed by atoms with Gasteiger partial charge in [0.1, 0.15) is 5.60 Å². The molecular formula is C24H34IN5O3. The number of hydrogen-bond donors (Lipinski definition) is 2. The van der Waals surface area contributed by atoms with Crippen LogP contribution in [0.5, 0.6) is 0 Å². The Morgan fingerprint density at radius 3 is 2.48 bits per heavy atom. The third kappa shape index (κ3) is 8.38. The molecule has 1 amide bonds. The van der Waals surface area contributed by atoms with Gasteiger partial charge in [-0.25, -0.2) is 4.79 Å². The molecule has 1 fully saturated rings. The molecule has 1 aromatic heterocycles. The summed E-state index contributed by atoms with van der Waals surface area (Å²) in [4.78, 5) is 30.4. The first-order valence-electron chi connectivity index (χ1n) is 10.9. The number of likely N-dealkylation sites (tertiary alicyclic amines) is 1. The summed E-state index contributed by atoms with van der Waals surface area (Å²) < 4.78 is 7.03. The Kier molecular flexibility index (Phi) is 9.75. The van der Waals surface area contributed by atoms with Crippen molar-refractivity contribution in [2.45, 2.75) is 51.9 Å². The Morgan fingerprint density at radius 2 is 1.85 bits per heavy atom. The van der Waals surface area contributed by atoms with Crippen LogP contribution in [0.3, 0.4) is 0 Å². The molecule has 1 atom stereocenters. The van der Waals surface area contributed by atoms with Gasteiger partial charge in [-0.2, -0.15) is 0 Å². The summed E-state index contributed by atoms with van der Waals surface area (Å²) in [5.74, 6) is 0.804. The molecule has 1 aliphatic heterocycles. The van der Waals surface area contributed by atoms with Gasteiger partial charge in [-0.1, -0.05) is 30.3 Å². The van der Waals surface area contributed by atoms with Gasteiger partial charge in [0.2, 0.25) is 0 Å². The molecule has 2 aromatic rings. The number of carbonyl (C=O) groups is 1. The molecule has 1 saturated heterocycles. The summed E-state index contributed by atoms with van der Waals surface area (Å²) in [5.41, 5.74) is 1.68. The number of guanidine groups is 1. The first-order chi connectivity index (χ1) is 15.2. The molecule has 0 radical (unpaired) electrons. The van der Waals surface area contributed by atoms with Crippen LogP contribution in [0.25, 0.3) is 0 Å². The molecule has 2 N–H and O–H groups in total. The van der Waals surface area contributed by atoms with Crippen LogP contribution in [0.1, 0.15) is 38.3 Å². The van der Waals surface area contributed by atoms with Gasteiger partial charge in [0.05, 0.1) is 12.6 Å². The Balaban J connectivity index is 0.00000385. The molecule has 1 aliphatic rings. The van der Waals surface area contributed by atoms with Gasteiger partial charge in [0.15, 0.2) is 5.96 Å². The fourth-order valence-electron chi connectivity index (χ4n) is 3.61. The number of aliphatic imine (C=N–C) groups is 1. The maximum absolute atomic E-state index is 12.0. The second kappa shape index (κ2) is 12.1. The number of hydrogen-bond acceptors (Lipinski definition) is 4. The van der Waals surface area contributed by atoms with E-state index in [9.17, 15) is 9.59 Å². The van der Waals surface area contributed by atoms with E-state index in [1.165, 1.54) is 0 Å². The number of carbonyl (C=O) groups excluding carboxylic acids is 1. The van der Waals surface area contributed by atoms with Crippen LogP contribution in [0, 0.1) is 0 Å². The standard InChI is InChI=1S/C24H33N5O3.HI/c1-24(2,3)32-23(31)27-20-12-14-29(17-20)22(25-4)26-15-18-8-10-19(11-9-18)16-28-13-6-5-7-21(28)30;/h5-11,13,20H,12,14-17H2,1-4H3,(H,25,26)(H,27,31);1H. The summed E-state index contributed by atoms with van der Waals surface area (Å²) >= 11 is 0. The highest BCUT2D eigenvalue weighted by Gasteiger charge is 2.27. The van der Waals surface area contributed by atoms with Crippen molar-refractivity contribution >= 4 is 36.0 Å². The van der Waals surface area contributed by atoms with Gasteiger partial charge in [-0.15, -0.1) is 24.0 Å². The van der Waals surface area contributed by atoms with E-state index in [1.54, 1.807) is 29.9 Å². The fraction of sp³-hybridized carbons (Fsp3) is 0.458. The van der Waals surface area contributed by atoms with Crippen LogP contribution in [0.2, 0.25) is 0 Å².